The van der Waals surface area contributed by atoms with Crippen LogP contribution in [0.4, 0.5) is 4.79 Å². The summed E-state index contributed by atoms with van der Waals surface area (Å²) in [6.45, 7) is 3.01. The molecule has 3 N–H and O–H groups in total. The Morgan fingerprint density at radius 2 is 1.93 bits per heavy atom. The first-order valence-corrected chi connectivity index (χ1v) is 8.65. The minimum atomic E-state index is -1.14. The SMILES string of the molecule is COC(=O)Oc1cccc2c(=O)n(CC(=O)NC(CC(C)C)C(N)=O)c(=O)oc12. The molecule has 1 heterocycles. The highest BCUT2D eigenvalue weighted by atomic mass is 16.7. The molecule has 0 saturated carbocycles. The summed E-state index contributed by atoms with van der Waals surface area (Å²) in [4.78, 5) is 59.9. The molecule has 0 aliphatic carbocycles. The number of carbonyl (C=O) groups excluding carboxylic acids is 3. The summed E-state index contributed by atoms with van der Waals surface area (Å²) in [6.07, 6.45) is -0.761. The van der Waals surface area contributed by atoms with E-state index in [1.165, 1.54) is 18.2 Å². The largest absolute Gasteiger partial charge is 0.513 e. The van der Waals surface area contributed by atoms with Crippen molar-refractivity contribution in [2.75, 3.05) is 7.11 Å². The van der Waals surface area contributed by atoms with Gasteiger partial charge in [-0.2, -0.15) is 0 Å². The summed E-state index contributed by atoms with van der Waals surface area (Å²) in [5, 5.41) is 2.31. The van der Waals surface area contributed by atoms with Crippen LogP contribution < -0.4 is 27.1 Å². The predicted octanol–water partition coefficient (Wildman–Crippen LogP) is 0.116. The molecule has 11 heteroatoms. The molecule has 0 fully saturated rings. The molecule has 0 aliphatic rings. The third-order valence-corrected chi connectivity index (χ3v) is 3.91. The maximum atomic E-state index is 12.6. The van der Waals surface area contributed by atoms with Crippen LogP contribution in [0.5, 0.6) is 5.75 Å². The van der Waals surface area contributed by atoms with Crippen molar-refractivity contribution in [1.29, 1.82) is 0 Å². The summed E-state index contributed by atoms with van der Waals surface area (Å²) in [5.41, 5.74) is 4.18. The number of hydrogen-bond donors (Lipinski definition) is 2. The smallest absolute Gasteiger partial charge is 0.437 e. The Morgan fingerprint density at radius 3 is 2.52 bits per heavy atom. The van der Waals surface area contributed by atoms with E-state index >= 15 is 0 Å². The maximum Gasteiger partial charge on any atom is 0.513 e. The van der Waals surface area contributed by atoms with E-state index in [1.807, 2.05) is 13.8 Å². The van der Waals surface area contributed by atoms with E-state index in [4.69, 9.17) is 14.9 Å². The van der Waals surface area contributed by atoms with E-state index in [-0.39, 0.29) is 22.6 Å². The number of carbonyl (C=O) groups is 3. The lowest BCUT2D eigenvalue weighted by Crippen LogP contribution is -2.48. The van der Waals surface area contributed by atoms with Gasteiger partial charge in [0.1, 0.15) is 12.6 Å². The molecule has 29 heavy (non-hydrogen) atoms. The van der Waals surface area contributed by atoms with Crippen molar-refractivity contribution in [3.63, 3.8) is 0 Å². The van der Waals surface area contributed by atoms with E-state index in [2.05, 4.69) is 10.1 Å². The van der Waals surface area contributed by atoms with Crippen LogP contribution in [0.15, 0.2) is 32.2 Å². The Kier molecular flexibility index (Phi) is 6.75. The monoisotopic (exact) mass is 407 g/mol. The summed E-state index contributed by atoms with van der Waals surface area (Å²) in [6, 6.07) is 3.11. The zero-order valence-corrected chi connectivity index (χ0v) is 16.1. The molecule has 0 aliphatic heterocycles. The number of nitrogens with one attached hydrogen (secondary N) is 1. The highest BCUT2D eigenvalue weighted by Gasteiger charge is 2.22. The predicted molar refractivity (Wildman–Crippen MR) is 100 cm³/mol. The molecular weight excluding hydrogens is 386 g/mol. The van der Waals surface area contributed by atoms with Crippen molar-refractivity contribution in [3.8, 4) is 5.75 Å². The third kappa shape index (κ3) is 5.21. The van der Waals surface area contributed by atoms with Gasteiger partial charge in [-0.3, -0.25) is 14.4 Å². The normalized spacial score (nSPS) is 11.9. The van der Waals surface area contributed by atoms with Gasteiger partial charge in [0, 0.05) is 0 Å². The maximum absolute atomic E-state index is 12.6. The minimum Gasteiger partial charge on any atom is -0.437 e. The molecule has 1 aromatic carbocycles. The second-order valence-corrected chi connectivity index (χ2v) is 6.60. The third-order valence-electron chi connectivity index (χ3n) is 3.91. The van der Waals surface area contributed by atoms with Crippen LogP contribution in [-0.4, -0.2) is 35.7 Å². The average Bonchev–Trinajstić information content (AvgIpc) is 2.64. The van der Waals surface area contributed by atoms with E-state index in [1.54, 1.807) is 0 Å². The van der Waals surface area contributed by atoms with Crippen molar-refractivity contribution in [1.82, 2.24) is 9.88 Å². The van der Waals surface area contributed by atoms with Crippen LogP contribution in [0.25, 0.3) is 11.0 Å². The van der Waals surface area contributed by atoms with Gasteiger partial charge in [-0.1, -0.05) is 19.9 Å². The van der Waals surface area contributed by atoms with Gasteiger partial charge >= 0.3 is 11.9 Å². The number of ether oxygens (including phenoxy) is 2. The molecule has 1 unspecified atom stereocenters. The highest BCUT2D eigenvalue weighted by Crippen LogP contribution is 2.22. The average molecular weight is 407 g/mol. The molecule has 0 saturated heterocycles. The summed E-state index contributed by atoms with van der Waals surface area (Å²) in [7, 11) is 1.09. The Hall–Kier alpha value is -3.63. The lowest BCUT2D eigenvalue weighted by atomic mass is 10.0. The highest BCUT2D eigenvalue weighted by molar-refractivity contribution is 5.87. The summed E-state index contributed by atoms with van der Waals surface area (Å²) >= 11 is 0. The first kappa shape index (κ1) is 21.7. The number of hydrogen-bond acceptors (Lipinski definition) is 8. The molecule has 2 amide bonds. The molecule has 1 aromatic heterocycles. The number of para-hydroxylation sites is 1. The second kappa shape index (κ2) is 9.04. The van der Waals surface area contributed by atoms with Crippen LogP contribution in [-0.2, 0) is 20.9 Å². The van der Waals surface area contributed by atoms with Gasteiger partial charge in [0.05, 0.1) is 12.5 Å². The minimum absolute atomic E-state index is 0.0782. The molecule has 0 radical (unpaired) electrons. The summed E-state index contributed by atoms with van der Waals surface area (Å²) < 4.78 is 14.9. The number of methoxy groups -OCH3 is 1. The second-order valence-electron chi connectivity index (χ2n) is 6.60. The van der Waals surface area contributed by atoms with Crippen molar-refractivity contribution >= 4 is 28.9 Å². The zero-order valence-electron chi connectivity index (χ0n) is 16.1. The lowest BCUT2D eigenvalue weighted by Gasteiger charge is -2.17. The number of primary amides is 1. The lowest BCUT2D eigenvalue weighted by molar-refractivity contribution is -0.128. The Bertz CT molecular complexity index is 1050. The van der Waals surface area contributed by atoms with Gasteiger partial charge in [-0.05, 0) is 24.5 Å². The van der Waals surface area contributed by atoms with Crippen molar-refractivity contribution < 1.29 is 28.3 Å². The topological polar surface area (TPSA) is 160 Å². The number of rotatable bonds is 7. The number of fused-ring (bicyclic) bond motifs is 1. The van der Waals surface area contributed by atoms with Gasteiger partial charge in [0.25, 0.3) is 5.56 Å². The Labute approximate surface area is 164 Å². The van der Waals surface area contributed by atoms with Gasteiger partial charge in [0.15, 0.2) is 11.3 Å². The number of benzene rings is 1. The molecular formula is C18H21N3O8. The molecule has 1 atom stereocenters. The quantitative estimate of drug-likeness (QED) is 0.483. The van der Waals surface area contributed by atoms with Crippen molar-refractivity contribution in [2.45, 2.75) is 32.9 Å². The number of nitrogens with two attached hydrogens (primary N) is 1. The molecule has 0 bridgehead atoms. The number of aromatic nitrogens is 1. The molecule has 156 valence electrons. The van der Waals surface area contributed by atoms with Crippen molar-refractivity contribution in [3.05, 3.63) is 39.1 Å². The van der Waals surface area contributed by atoms with Crippen LogP contribution in [0, 0.1) is 5.92 Å². The van der Waals surface area contributed by atoms with E-state index in [0.29, 0.717) is 11.0 Å². The van der Waals surface area contributed by atoms with Gasteiger partial charge in [-0.15, -0.1) is 0 Å². The summed E-state index contributed by atoms with van der Waals surface area (Å²) in [5.74, 6) is -2.74. The van der Waals surface area contributed by atoms with Crippen LogP contribution in [0.3, 0.4) is 0 Å². The Morgan fingerprint density at radius 1 is 1.24 bits per heavy atom. The van der Waals surface area contributed by atoms with Gasteiger partial charge in [0.2, 0.25) is 11.8 Å². The van der Waals surface area contributed by atoms with Crippen LogP contribution in [0.2, 0.25) is 0 Å². The van der Waals surface area contributed by atoms with Crippen LogP contribution in [0.1, 0.15) is 20.3 Å². The van der Waals surface area contributed by atoms with E-state index < -0.39 is 41.9 Å². The standard InChI is InChI=1S/C18H21N3O8/c1-9(2)7-11(15(19)23)20-13(22)8-21-16(24)10-5-4-6-12(28-18(26)27-3)14(10)29-17(21)25/h4-6,9,11H,7-8H2,1-3H3,(H2,19,23)(H,20,22). The fourth-order valence-electron chi connectivity index (χ4n) is 2.61. The number of amides is 2. The number of nitrogens with zero attached hydrogens (tertiary/aromatic N) is 1. The van der Waals surface area contributed by atoms with Gasteiger partial charge < -0.3 is 24.9 Å². The fraction of sp³-hybridized carbons (Fsp3) is 0.389. The first-order chi connectivity index (χ1) is 13.6. The molecule has 2 aromatic rings. The van der Waals surface area contributed by atoms with Gasteiger partial charge in [-0.25, -0.2) is 14.2 Å². The first-order valence-electron chi connectivity index (χ1n) is 8.65. The van der Waals surface area contributed by atoms with Crippen LogP contribution >= 0.6 is 0 Å². The van der Waals surface area contributed by atoms with Crippen molar-refractivity contribution in [2.24, 2.45) is 11.7 Å². The fourth-order valence-corrected chi connectivity index (χ4v) is 2.61. The zero-order chi connectivity index (χ0) is 21.7. The van der Waals surface area contributed by atoms with E-state index in [9.17, 15) is 24.0 Å². The molecule has 11 nitrogen and oxygen atoms in total. The Balaban J connectivity index is 2.36. The molecule has 0 spiro atoms. The van der Waals surface area contributed by atoms with E-state index in [0.717, 1.165) is 7.11 Å². The molecule has 2 rings (SSSR count).